The highest BCUT2D eigenvalue weighted by atomic mass is 32.2. The highest BCUT2D eigenvalue weighted by Gasteiger charge is 2.20. The van der Waals surface area contributed by atoms with Crippen LogP contribution in [0.5, 0.6) is 0 Å². The Balaban J connectivity index is 3.28. The number of sulfonamides is 1. The smallest absolute Gasteiger partial charge is 0.241 e. The Morgan fingerprint density at radius 2 is 2.06 bits per heavy atom. The van der Waals surface area contributed by atoms with Crippen molar-refractivity contribution in [2.75, 3.05) is 0 Å². The molecule has 0 aliphatic carbocycles. The van der Waals surface area contributed by atoms with E-state index in [0.29, 0.717) is 0 Å². The molecule has 1 aromatic rings. The Kier molecular flexibility index (Phi) is 4.01. The van der Waals surface area contributed by atoms with Gasteiger partial charge in [-0.25, -0.2) is 17.5 Å². The summed E-state index contributed by atoms with van der Waals surface area (Å²) in [4.78, 5) is -0.0938. The molecule has 0 amide bonds. The number of hydrogen-bond donors (Lipinski definition) is 2. The molecular formula is C10H15FN2O2S. The monoisotopic (exact) mass is 246 g/mol. The molecule has 0 atom stereocenters. The third-order valence-corrected chi connectivity index (χ3v) is 3.70. The number of benzene rings is 1. The third-order valence-electron chi connectivity index (χ3n) is 1.96. The standard InChI is InChI=1S/C10H15FN2O2S/c1-7(2)13-16(14,15)10-5-3-4-9(11)8(10)6-12/h3-5,7,13H,6,12H2,1-2H3. The number of nitrogens with one attached hydrogen (secondary N) is 1. The fourth-order valence-corrected chi connectivity index (χ4v) is 2.87. The molecule has 0 aromatic heterocycles. The molecule has 4 nitrogen and oxygen atoms in total. The van der Waals surface area contributed by atoms with Gasteiger partial charge in [-0.1, -0.05) is 6.07 Å². The van der Waals surface area contributed by atoms with E-state index in [1.807, 2.05) is 0 Å². The first-order valence-corrected chi connectivity index (χ1v) is 6.36. The van der Waals surface area contributed by atoms with Crippen molar-refractivity contribution in [1.29, 1.82) is 0 Å². The van der Waals surface area contributed by atoms with Gasteiger partial charge in [-0.15, -0.1) is 0 Å². The molecule has 0 aliphatic heterocycles. The van der Waals surface area contributed by atoms with Gasteiger partial charge in [0.25, 0.3) is 0 Å². The molecule has 0 aliphatic rings. The van der Waals surface area contributed by atoms with Crippen LogP contribution in [-0.2, 0) is 16.6 Å². The van der Waals surface area contributed by atoms with E-state index in [2.05, 4.69) is 4.72 Å². The van der Waals surface area contributed by atoms with Gasteiger partial charge in [0.1, 0.15) is 5.82 Å². The van der Waals surface area contributed by atoms with Crippen LogP contribution in [0.25, 0.3) is 0 Å². The normalized spacial score (nSPS) is 12.1. The minimum absolute atomic E-state index is 0.00986. The van der Waals surface area contributed by atoms with E-state index in [1.165, 1.54) is 18.2 Å². The van der Waals surface area contributed by atoms with E-state index in [4.69, 9.17) is 5.73 Å². The first kappa shape index (κ1) is 13.1. The van der Waals surface area contributed by atoms with Gasteiger partial charge in [0.2, 0.25) is 10.0 Å². The van der Waals surface area contributed by atoms with Crippen molar-refractivity contribution < 1.29 is 12.8 Å². The van der Waals surface area contributed by atoms with Crippen molar-refractivity contribution in [2.45, 2.75) is 31.3 Å². The second-order valence-electron chi connectivity index (χ2n) is 3.70. The zero-order valence-corrected chi connectivity index (χ0v) is 10.0. The summed E-state index contributed by atoms with van der Waals surface area (Å²) in [6.45, 7) is 3.24. The maximum absolute atomic E-state index is 13.3. The Morgan fingerprint density at radius 1 is 1.44 bits per heavy atom. The van der Waals surface area contributed by atoms with E-state index >= 15 is 0 Å². The van der Waals surface area contributed by atoms with Gasteiger partial charge in [-0.2, -0.15) is 0 Å². The van der Waals surface area contributed by atoms with E-state index in [9.17, 15) is 12.8 Å². The molecule has 0 heterocycles. The summed E-state index contributed by atoms with van der Waals surface area (Å²) in [7, 11) is -3.69. The molecule has 0 saturated heterocycles. The summed E-state index contributed by atoms with van der Waals surface area (Å²) < 4.78 is 39.4. The SMILES string of the molecule is CC(C)NS(=O)(=O)c1cccc(F)c1CN. The van der Waals surface area contributed by atoms with Gasteiger partial charge in [0, 0.05) is 18.2 Å². The lowest BCUT2D eigenvalue weighted by molar-refractivity contribution is 0.562. The average molecular weight is 246 g/mol. The molecule has 0 unspecified atom stereocenters. The van der Waals surface area contributed by atoms with Crippen LogP contribution in [0.3, 0.4) is 0 Å². The van der Waals surface area contributed by atoms with Gasteiger partial charge >= 0.3 is 0 Å². The van der Waals surface area contributed by atoms with Gasteiger partial charge in [-0.05, 0) is 26.0 Å². The van der Waals surface area contributed by atoms with E-state index in [1.54, 1.807) is 13.8 Å². The van der Waals surface area contributed by atoms with Crippen LogP contribution < -0.4 is 10.5 Å². The Bertz CT molecular complexity index is 472. The van der Waals surface area contributed by atoms with E-state index in [0.717, 1.165) is 0 Å². The molecule has 1 rings (SSSR count). The van der Waals surface area contributed by atoms with Gasteiger partial charge < -0.3 is 5.73 Å². The third kappa shape index (κ3) is 2.78. The lowest BCUT2D eigenvalue weighted by atomic mass is 10.2. The van der Waals surface area contributed by atoms with Crippen LogP contribution in [0.4, 0.5) is 4.39 Å². The summed E-state index contributed by atoms with van der Waals surface area (Å²) in [6, 6.07) is 3.63. The highest BCUT2D eigenvalue weighted by molar-refractivity contribution is 7.89. The van der Waals surface area contributed by atoms with Crippen molar-refractivity contribution in [3.8, 4) is 0 Å². The minimum atomic E-state index is -3.69. The van der Waals surface area contributed by atoms with Crippen molar-refractivity contribution in [2.24, 2.45) is 5.73 Å². The first-order chi connectivity index (χ1) is 7.38. The molecular weight excluding hydrogens is 231 g/mol. The first-order valence-electron chi connectivity index (χ1n) is 4.88. The molecule has 90 valence electrons. The fraction of sp³-hybridized carbons (Fsp3) is 0.400. The molecule has 0 radical (unpaired) electrons. The van der Waals surface area contributed by atoms with Crippen LogP contribution in [0.1, 0.15) is 19.4 Å². The van der Waals surface area contributed by atoms with Crippen LogP contribution >= 0.6 is 0 Å². The second kappa shape index (κ2) is 4.90. The molecule has 16 heavy (non-hydrogen) atoms. The van der Waals surface area contributed by atoms with Crippen LogP contribution in [-0.4, -0.2) is 14.5 Å². The van der Waals surface area contributed by atoms with Crippen LogP contribution in [0.15, 0.2) is 23.1 Å². The number of halogens is 1. The molecule has 0 fully saturated rings. The highest BCUT2D eigenvalue weighted by Crippen LogP contribution is 2.18. The zero-order valence-electron chi connectivity index (χ0n) is 9.20. The molecule has 0 bridgehead atoms. The average Bonchev–Trinajstić information content (AvgIpc) is 2.15. The van der Waals surface area contributed by atoms with Crippen molar-refractivity contribution in [3.05, 3.63) is 29.6 Å². The summed E-state index contributed by atoms with van der Waals surface area (Å²) in [5, 5.41) is 0. The van der Waals surface area contributed by atoms with Crippen molar-refractivity contribution in [1.82, 2.24) is 4.72 Å². The molecule has 0 saturated carbocycles. The maximum Gasteiger partial charge on any atom is 0.241 e. The second-order valence-corrected chi connectivity index (χ2v) is 5.38. The lowest BCUT2D eigenvalue weighted by Crippen LogP contribution is -2.31. The Morgan fingerprint density at radius 3 is 2.56 bits per heavy atom. The summed E-state index contributed by atoms with van der Waals surface area (Å²) in [5.74, 6) is -0.603. The van der Waals surface area contributed by atoms with Crippen LogP contribution in [0.2, 0.25) is 0 Å². The molecule has 1 aromatic carbocycles. The van der Waals surface area contributed by atoms with E-state index < -0.39 is 15.8 Å². The fourth-order valence-electron chi connectivity index (χ4n) is 1.36. The van der Waals surface area contributed by atoms with Gasteiger partial charge in [-0.3, -0.25) is 0 Å². The Labute approximate surface area is 94.7 Å². The predicted molar refractivity (Wildman–Crippen MR) is 59.7 cm³/mol. The largest absolute Gasteiger partial charge is 0.326 e. The molecule has 6 heteroatoms. The van der Waals surface area contributed by atoms with Crippen molar-refractivity contribution >= 4 is 10.0 Å². The summed E-state index contributed by atoms with van der Waals surface area (Å²) in [6.07, 6.45) is 0. The van der Waals surface area contributed by atoms with Crippen molar-refractivity contribution in [3.63, 3.8) is 0 Å². The Hall–Kier alpha value is -0.980. The predicted octanol–water partition coefficient (Wildman–Crippen LogP) is 0.971. The molecule has 3 N–H and O–H groups in total. The van der Waals surface area contributed by atoms with Gasteiger partial charge in [0.05, 0.1) is 4.90 Å². The number of nitrogens with two attached hydrogens (primary N) is 1. The zero-order chi connectivity index (χ0) is 12.3. The maximum atomic E-state index is 13.3. The quantitative estimate of drug-likeness (QED) is 0.831. The topological polar surface area (TPSA) is 72.2 Å². The lowest BCUT2D eigenvalue weighted by Gasteiger charge is -2.12. The van der Waals surface area contributed by atoms with Gasteiger partial charge in [0.15, 0.2) is 0 Å². The van der Waals surface area contributed by atoms with E-state index in [-0.39, 0.29) is 23.0 Å². The minimum Gasteiger partial charge on any atom is -0.326 e. The summed E-state index contributed by atoms with van der Waals surface area (Å²) in [5.41, 5.74) is 5.36. The summed E-state index contributed by atoms with van der Waals surface area (Å²) >= 11 is 0. The number of hydrogen-bond acceptors (Lipinski definition) is 3. The number of rotatable bonds is 4. The van der Waals surface area contributed by atoms with Crippen LogP contribution in [0, 0.1) is 5.82 Å². The molecule has 0 spiro atoms.